The van der Waals surface area contributed by atoms with E-state index in [2.05, 4.69) is 75.0 Å². The standard InChI is InChI=1S/C23H31ClN2/c1-16-20(18-7-9-19(10-8-18)23(2,3)4)11-12-21(16)26(5)15-17-6-13-22(24)25-14-17/h6-10,13-14,16,20-21H,11-12,15H2,1-5H3. The quantitative estimate of drug-likeness (QED) is 0.609. The monoisotopic (exact) mass is 370 g/mol. The second kappa shape index (κ2) is 7.70. The molecule has 1 heterocycles. The molecule has 1 aliphatic rings. The van der Waals surface area contributed by atoms with Crippen LogP contribution in [0.15, 0.2) is 42.6 Å². The molecule has 1 aliphatic carbocycles. The largest absolute Gasteiger partial charge is 0.299 e. The number of halogens is 1. The Morgan fingerprint density at radius 3 is 2.35 bits per heavy atom. The molecule has 140 valence electrons. The lowest BCUT2D eigenvalue weighted by molar-refractivity contribution is 0.193. The Hall–Kier alpha value is -1.38. The van der Waals surface area contributed by atoms with Crippen LogP contribution in [0.1, 0.15) is 63.1 Å². The van der Waals surface area contributed by atoms with Crippen LogP contribution < -0.4 is 0 Å². The summed E-state index contributed by atoms with van der Waals surface area (Å²) < 4.78 is 0. The van der Waals surface area contributed by atoms with Gasteiger partial charge in [0, 0.05) is 18.8 Å². The van der Waals surface area contributed by atoms with Crippen molar-refractivity contribution in [2.75, 3.05) is 7.05 Å². The maximum atomic E-state index is 5.90. The third-order valence-corrected chi connectivity index (χ3v) is 6.23. The van der Waals surface area contributed by atoms with E-state index in [1.54, 1.807) is 0 Å². The van der Waals surface area contributed by atoms with E-state index in [0.717, 1.165) is 6.54 Å². The summed E-state index contributed by atoms with van der Waals surface area (Å²) in [6.07, 6.45) is 4.41. The lowest BCUT2D eigenvalue weighted by Gasteiger charge is -2.30. The fourth-order valence-corrected chi connectivity index (χ4v) is 4.48. The average Bonchev–Trinajstić information content (AvgIpc) is 2.98. The molecule has 0 N–H and O–H groups in total. The van der Waals surface area contributed by atoms with Gasteiger partial charge in [0.15, 0.2) is 0 Å². The minimum absolute atomic E-state index is 0.217. The number of rotatable bonds is 4. The van der Waals surface area contributed by atoms with Gasteiger partial charge >= 0.3 is 0 Å². The third-order valence-electron chi connectivity index (χ3n) is 6.01. The van der Waals surface area contributed by atoms with E-state index in [-0.39, 0.29) is 5.41 Å². The Morgan fingerprint density at radius 2 is 1.77 bits per heavy atom. The highest BCUT2D eigenvalue weighted by Crippen LogP contribution is 2.42. The first-order chi connectivity index (χ1) is 12.3. The highest BCUT2D eigenvalue weighted by molar-refractivity contribution is 6.29. The highest BCUT2D eigenvalue weighted by atomic mass is 35.5. The number of aromatic nitrogens is 1. The summed E-state index contributed by atoms with van der Waals surface area (Å²) in [5.41, 5.74) is 4.35. The first-order valence-corrected chi connectivity index (χ1v) is 10.0. The number of pyridine rings is 1. The second-order valence-corrected chi connectivity index (χ2v) is 9.27. The van der Waals surface area contributed by atoms with Gasteiger partial charge in [-0.3, -0.25) is 4.90 Å². The Bertz CT molecular complexity index is 715. The van der Waals surface area contributed by atoms with Gasteiger partial charge in [-0.2, -0.15) is 0 Å². The predicted octanol–water partition coefficient (Wildman–Crippen LogP) is 6.05. The number of hydrogen-bond acceptors (Lipinski definition) is 2. The van der Waals surface area contributed by atoms with Crippen molar-refractivity contribution in [3.63, 3.8) is 0 Å². The number of benzene rings is 1. The Balaban J connectivity index is 1.67. The SMILES string of the molecule is CC1C(c2ccc(C(C)(C)C)cc2)CCC1N(C)Cc1ccc(Cl)nc1. The predicted molar refractivity (Wildman–Crippen MR) is 111 cm³/mol. The van der Waals surface area contributed by atoms with Crippen molar-refractivity contribution < 1.29 is 0 Å². The molecule has 3 atom stereocenters. The van der Waals surface area contributed by atoms with Gasteiger partial charge in [-0.1, -0.05) is 69.6 Å². The molecule has 2 aromatic rings. The summed E-state index contributed by atoms with van der Waals surface area (Å²) >= 11 is 5.90. The van der Waals surface area contributed by atoms with Crippen LogP contribution in [-0.2, 0) is 12.0 Å². The van der Waals surface area contributed by atoms with Crippen LogP contribution >= 0.6 is 11.6 Å². The van der Waals surface area contributed by atoms with Crippen molar-refractivity contribution in [1.29, 1.82) is 0 Å². The smallest absolute Gasteiger partial charge is 0.129 e. The summed E-state index contributed by atoms with van der Waals surface area (Å²) in [4.78, 5) is 6.69. The van der Waals surface area contributed by atoms with Gasteiger partial charge in [0.05, 0.1) is 0 Å². The summed E-state index contributed by atoms with van der Waals surface area (Å²) in [6.45, 7) is 10.2. The summed E-state index contributed by atoms with van der Waals surface area (Å²) in [6, 6.07) is 13.9. The van der Waals surface area contributed by atoms with E-state index in [9.17, 15) is 0 Å². The minimum Gasteiger partial charge on any atom is -0.299 e. The zero-order valence-electron chi connectivity index (χ0n) is 16.7. The van der Waals surface area contributed by atoms with Crippen LogP contribution in [0, 0.1) is 5.92 Å². The Kier molecular flexibility index (Phi) is 5.74. The van der Waals surface area contributed by atoms with Gasteiger partial charge in [-0.15, -0.1) is 0 Å². The molecule has 0 aliphatic heterocycles. The normalized spacial score (nSPS) is 23.6. The molecule has 1 saturated carbocycles. The van der Waals surface area contributed by atoms with Crippen LogP contribution in [0.25, 0.3) is 0 Å². The maximum absolute atomic E-state index is 5.90. The zero-order chi connectivity index (χ0) is 18.9. The molecule has 3 heteroatoms. The lowest BCUT2D eigenvalue weighted by atomic mass is 9.83. The molecule has 3 unspecified atom stereocenters. The molecule has 0 bridgehead atoms. The van der Waals surface area contributed by atoms with E-state index < -0.39 is 0 Å². The highest BCUT2D eigenvalue weighted by Gasteiger charge is 2.35. The fraction of sp³-hybridized carbons (Fsp3) is 0.522. The molecule has 0 saturated heterocycles. The molecule has 2 nitrogen and oxygen atoms in total. The van der Waals surface area contributed by atoms with Gasteiger partial charge in [-0.05, 0) is 59.9 Å². The van der Waals surface area contributed by atoms with E-state index in [0.29, 0.717) is 23.0 Å². The van der Waals surface area contributed by atoms with Gasteiger partial charge < -0.3 is 0 Å². The summed E-state index contributed by atoms with van der Waals surface area (Å²) in [5, 5.41) is 0.560. The summed E-state index contributed by atoms with van der Waals surface area (Å²) in [5.74, 6) is 1.31. The van der Waals surface area contributed by atoms with Crippen LogP contribution in [0.2, 0.25) is 5.15 Å². The van der Waals surface area contributed by atoms with Gasteiger partial charge in [0.25, 0.3) is 0 Å². The van der Waals surface area contributed by atoms with Crippen molar-refractivity contribution in [3.05, 3.63) is 64.4 Å². The Morgan fingerprint density at radius 1 is 1.08 bits per heavy atom. The molecule has 1 fully saturated rings. The van der Waals surface area contributed by atoms with Crippen LogP contribution in [-0.4, -0.2) is 23.0 Å². The first-order valence-electron chi connectivity index (χ1n) is 9.67. The molecule has 26 heavy (non-hydrogen) atoms. The number of nitrogens with zero attached hydrogens (tertiary/aromatic N) is 2. The van der Waals surface area contributed by atoms with Crippen molar-refractivity contribution in [1.82, 2.24) is 9.88 Å². The van der Waals surface area contributed by atoms with Crippen LogP contribution in [0.5, 0.6) is 0 Å². The van der Waals surface area contributed by atoms with E-state index in [1.807, 2.05) is 12.3 Å². The molecule has 0 radical (unpaired) electrons. The van der Waals surface area contributed by atoms with Gasteiger partial charge in [0.1, 0.15) is 5.15 Å². The molecule has 1 aromatic carbocycles. The molecule has 3 rings (SSSR count). The van der Waals surface area contributed by atoms with Crippen molar-refractivity contribution in [3.8, 4) is 0 Å². The van der Waals surface area contributed by atoms with Crippen LogP contribution in [0.3, 0.4) is 0 Å². The number of hydrogen-bond donors (Lipinski definition) is 0. The van der Waals surface area contributed by atoms with Crippen molar-refractivity contribution in [2.24, 2.45) is 5.92 Å². The topological polar surface area (TPSA) is 16.1 Å². The second-order valence-electron chi connectivity index (χ2n) is 8.89. The molecule has 0 amide bonds. The average molecular weight is 371 g/mol. The van der Waals surface area contributed by atoms with E-state index in [1.165, 1.54) is 29.5 Å². The first kappa shape index (κ1) is 19.4. The van der Waals surface area contributed by atoms with Gasteiger partial charge in [0.2, 0.25) is 0 Å². The van der Waals surface area contributed by atoms with E-state index >= 15 is 0 Å². The molecule has 0 spiro atoms. The molecular formula is C23H31ClN2. The molecular weight excluding hydrogens is 340 g/mol. The fourth-order valence-electron chi connectivity index (χ4n) is 4.37. The van der Waals surface area contributed by atoms with Gasteiger partial charge in [-0.25, -0.2) is 4.98 Å². The van der Waals surface area contributed by atoms with Crippen molar-refractivity contribution >= 4 is 11.6 Å². The Labute approximate surface area is 163 Å². The van der Waals surface area contributed by atoms with E-state index in [4.69, 9.17) is 11.6 Å². The zero-order valence-corrected chi connectivity index (χ0v) is 17.4. The summed E-state index contributed by atoms with van der Waals surface area (Å²) in [7, 11) is 2.24. The van der Waals surface area contributed by atoms with Crippen molar-refractivity contribution in [2.45, 2.75) is 64.5 Å². The molecule has 1 aromatic heterocycles. The lowest BCUT2D eigenvalue weighted by Crippen LogP contribution is -2.34. The maximum Gasteiger partial charge on any atom is 0.129 e. The minimum atomic E-state index is 0.217. The third kappa shape index (κ3) is 4.29. The van der Waals surface area contributed by atoms with Crippen LogP contribution in [0.4, 0.5) is 0 Å².